The zero-order valence-corrected chi connectivity index (χ0v) is 23.1. The molecular formula is C28H44N4O5. The van der Waals surface area contributed by atoms with Gasteiger partial charge in [-0.1, -0.05) is 57.9 Å². The van der Waals surface area contributed by atoms with E-state index in [1.165, 1.54) is 4.90 Å². The molecule has 0 bridgehead atoms. The number of carbonyl (C=O) groups excluding carboxylic acids is 4. The number of rotatable bonds is 13. The SMILES string of the molecule is CCCCCNC(=O)C(c1ccc(CC)cc1)N(C(=O)C(CC(N)=O)NC(=O)OC(C)(C)C)C1CC1C. The van der Waals surface area contributed by atoms with Crippen molar-refractivity contribution in [1.29, 1.82) is 0 Å². The van der Waals surface area contributed by atoms with Crippen molar-refractivity contribution in [1.82, 2.24) is 15.5 Å². The normalized spacial score (nSPS) is 18.3. The number of carbonyl (C=O) groups is 4. The predicted octanol–water partition coefficient (Wildman–Crippen LogP) is 3.60. The smallest absolute Gasteiger partial charge is 0.408 e. The molecule has 0 radical (unpaired) electrons. The van der Waals surface area contributed by atoms with E-state index in [-0.39, 0.29) is 17.9 Å². The highest BCUT2D eigenvalue weighted by Crippen LogP contribution is 2.41. The Labute approximate surface area is 220 Å². The van der Waals surface area contributed by atoms with Crippen molar-refractivity contribution in [2.75, 3.05) is 6.54 Å². The summed E-state index contributed by atoms with van der Waals surface area (Å²) in [6.45, 7) is 11.7. The van der Waals surface area contributed by atoms with E-state index in [1.807, 2.05) is 38.1 Å². The first-order chi connectivity index (χ1) is 17.4. The molecule has 0 heterocycles. The van der Waals surface area contributed by atoms with Crippen LogP contribution >= 0.6 is 0 Å². The van der Waals surface area contributed by atoms with E-state index in [0.29, 0.717) is 18.5 Å². The molecule has 1 saturated carbocycles. The van der Waals surface area contributed by atoms with Crippen molar-refractivity contribution in [2.45, 2.75) is 104 Å². The zero-order chi connectivity index (χ0) is 27.8. The minimum Gasteiger partial charge on any atom is -0.444 e. The van der Waals surface area contributed by atoms with Gasteiger partial charge in [0.25, 0.3) is 0 Å². The maximum Gasteiger partial charge on any atom is 0.408 e. The molecule has 4 amide bonds. The third-order valence-electron chi connectivity index (χ3n) is 6.38. The van der Waals surface area contributed by atoms with E-state index in [1.54, 1.807) is 20.8 Å². The van der Waals surface area contributed by atoms with Gasteiger partial charge >= 0.3 is 6.09 Å². The van der Waals surface area contributed by atoms with Crippen LogP contribution in [0, 0.1) is 5.92 Å². The number of ether oxygens (including phenoxy) is 1. The van der Waals surface area contributed by atoms with Gasteiger partial charge in [-0.05, 0) is 57.1 Å². The molecule has 0 saturated heterocycles. The first-order valence-electron chi connectivity index (χ1n) is 13.3. The van der Waals surface area contributed by atoms with Gasteiger partial charge in [-0.3, -0.25) is 14.4 Å². The number of unbranched alkanes of at least 4 members (excludes halogenated alkanes) is 2. The fourth-order valence-electron chi connectivity index (χ4n) is 4.26. The highest BCUT2D eigenvalue weighted by atomic mass is 16.6. The minimum absolute atomic E-state index is 0.171. The Bertz CT molecular complexity index is 941. The van der Waals surface area contributed by atoms with Crippen LogP contribution in [0.4, 0.5) is 4.79 Å². The van der Waals surface area contributed by atoms with Crippen LogP contribution in [0.1, 0.15) is 90.8 Å². The second kappa shape index (κ2) is 13.4. The molecule has 4 unspecified atom stereocenters. The minimum atomic E-state index is -1.26. The third-order valence-corrected chi connectivity index (χ3v) is 6.38. The van der Waals surface area contributed by atoms with Crippen molar-refractivity contribution in [3.63, 3.8) is 0 Å². The summed E-state index contributed by atoms with van der Waals surface area (Å²) >= 11 is 0. The monoisotopic (exact) mass is 516 g/mol. The van der Waals surface area contributed by atoms with Gasteiger partial charge in [0.05, 0.1) is 6.42 Å². The van der Waals surface area contributed by atoms with Crippen molar-refractivity contribution in [3.05, 3.63) is 35.4 Å². The van der Waals surface area contributed by atoms with Gasteiger partial charge in [-0.15, -0.1) is 0 Å². The van der Waals surface area contributed by atoms with Crippen molar-refractivity contribution >= 4 is 23.8 Å². The Kier molecular flexibility index (Phi) is 10.9. The molecule has 1 fully saturated rings. The topological polar surface area (TPSA) is 131 Å². The maximum atomic E-state index is 14.0. The molecule has 37 heavy (non-hydrogen) atoms. The van der Waals surface area contributed by atoms with Gasteiger partial charge in [0.1, 0.15) is 17.7 Å². The number of nitrogens with two attached hydrogens (primary N) is 1. The van der Waals surface area contributed by atoms with Crippen molar-refractivity contribution in [2.24, 2.45) is 11.7 Å². The predicted molar refractivity (Wildman–Crippen MR) is 142 cm³/mol. The number of primary amides is 1. The first kappa shape index (κ1) is 30.1. The number of alkyl carbamates (subject to hydrolysis) is 1. The Balaban J connectivity index is 2.44. The largest absolute Gasteiger partial charge is 0.444 e. The summed E-state index contributed by atoms with van der Waals surface area (Å²) in [7, 11) is 0. The van der Waals surface area contributed by atoms with Crippen LogP contribution in [0.15, 0.2) is 24.3 Å². The van der Waals surface area contributed by atoms with Gasteiger partial charge in [-0.25, -0.2) is 4.79 Å². The molecular weight excluding hydrogens is 472 g/mol. The van der Waals surface area contributed by atoms with Crippen molar-refractivity contribution in [3.8, 4) is 0 Å². The molecule has 1 aliphatic carbocycles. The van der Waals surface area contributed by atoms with Crippen LogP contribution < -0.4 is 16.4 Å². The summed E-state index contributed by atoms with van der Waals surface area (Å²) < 4.78 is 5.32. The van der Waals surface area contributed by atoms with Crippen LogP contribution in [-0.2, 0) is 25.5 Å². The van der Waals surface area contributed by atoms with Gasteiger partial charge in [0.15, 0.2) is 0 Å². The molecule has 1 aromatic rings. The summed E-state index contributed by atoms with van der Waals surface area (Å²) in [5.41, 5.74) is 6.44. The lowest BCUT2D eigenvalue weighted by atomic mass is 9.99. The number of nitrogens with one attached hydrogen (secondary N) is 2. The Morgan fingerprint density at radius 3 is 2.22 bits per heavy atom. The maximum absolute atomic E-state index is 14.0. The summed E-state index contributed by atoms with van der Waals surface area (Å²) in [6.07, 6.45) is 3.16. The standard InChI is InChI=1S/C28H44N4O5/c1-7-9-10-15-30-25(34)24(20-13-11-19(8-2)12-14-20)32(22-16-18(22)3)26(35)21(17-23(29)33)31-27(36)37-28(4,5)6/h11-14,18,21-22,24H,7-10,15-17H2,1-6H3,(H2,29,33)(H,30,34)(H,31,36). The molecule has 0 aromatic heterocycles. The van der Waals surface area contributed by atoms with Crippen LogP contribution in [0.25, 0.3) is 0 Å². The number of hydrogen-bond acceptors (Lipinski definition) is 5. The molecule has 1 aromatic carbocycles. The second-order valence-electron chi connectivity index (χ2n) is 10.9. The van der Waals surface area contributed by atoms with E-state index in [9.17, 15) is 19.2 Å². The van der Waals surface area contributed by atoms with E-state index < -0.39 is 42.0 Å². The number of hydrogen-bond donors (Lipinski definition) is 3. The molecule has 206 valence electrons. The lowest BCUT2D eigenvalue weighted by molar-refractivity contribution is -0.144. The van der Waals surface area contributed by atoms with E-state index >= 15 is 0 Å². The third kappa shape index (κ3) is 9.37. The Hall–Kier alpha value is -3.10. The van der Waals surface area contributed by atoms with Gasteiger partial charge in [0, 0.05) is 12.6 Å². The number of benzene rings is 1. The summed E-state index contributed by atoms with van der Waals surface area (Å²) in [4.78, 5) is 53.5. The summed E-state index contributed by atoms with van der Waals surface area (Å²) in [5, 5.41) is 5.51. The highest BCUT2D eigenvalue weighted by Gasteiger charge is 2.48. The number of amides is 4. The highest BCUT2D eigenvalue weighted by molar-refractivity contribution is 5.95. The van der Waals surface area contributed by atoms with Gasteiger partial charge < -0.3 is 26.0 Å². The molecule has 4 atom stereocenters. The zero-order valence-electron chi connectivity index (χ0n) is 23.1. The van der Waals surface area contributed by atoms with Gasteiger partial charge in [0.2, 0.25) is 17.7 Å². The average Bonchev–Trinajstić information content (AvgIpc) is 3.53. The lowest BCUT2D eigenvalue weighted by Gasteiger charge is -2.35. The Morgan fingerprint density at radius 1 is 1.11 bits per heavy atom. The number of nitrogens with zero attached hydrogens (tertiary/aromatic N) is 1. The second-order valence-corrected chi connectivity index (χ2v) is 10.9. The van der Waals surface area contributed by atoms with E-state index in [0.717, 1.165) is 31.2 Å². The summed E-state index contributed by atoms with van der Waals surface area (Å²) in [5.74, 6) is -1.40. The molecule has 4 N–H and O–H groups in total. The summed E-state index contributed by atoms with van der Waals surface area (Å²) in [6, 6.07) is 5.26. The van der Waals surface area contributed by atoms with E-state index in [2.05, 4.69) is 17.6 Å². The molecule has 1 aliphatic rings. The van der Waals surface area contributed by atoms with Gasteiger partial charge in [-0.2, -0.15) is 0 Å². The molecule has 9 heteroatoms. The fourth-order valence-corrected chi connectivity index (χ4v) is 4.26. The molecule has 0 spiro atoms. The van der Waals surface area contributed by atoms with Crippen LogP contribution in [0.5, 0.6) is 0 Å². The quantitative estimate of drug-likeness (QED) is 0.345. The van der Waals surface area contributed by atoms with Crippen molar-refractivity contribution < 1.29 is 23.9 Å². The van der Waals surface area contributed by atoms with Crippen LogP contribution in [0.3, 0.4) is 0 Å². The average molecular weight is 517 g/mol. The number of aryl methyl sites for hydroxylation is 1. The lowest BCUT2D eigenvalue weighted by Crippen LogP contribution is -2.55. The van der Waals surface area contributed by atoms with Crippen LogP contribution in [-0.4, -0.2) is 52.9 Å². The van der Waals surface area contributed by atoms with E-state index in [4.69, 9.17) is 10.5 Å². The molecule has 0 aliphatic heterocycles. The molecule has 2 rings (SSSR count). The first-order valence-corrected chi connectivity index (χ1v) is 13.3. The molecule has 9 nitrogen and oxygen atoms in total. The Morgan fingerprint density at radius 2 is 1.73 bits per heavy atom. The fraction of sp³-hybridized carbons (Fsp3) is 0.643. The van der Waals surface area contributed by atoms with Crippen LogP contribution in [0.2, 0.25) is 0 Å².